The Morgan fingerprint density at radius 2 is 1.92 bits per heavy atom. The van der Waals surface area contributed by atoms with Gasteiger partial charge in [-0.1, -0.05) is 36.4 Å². The molecule has 0 spiro atoms. The second kappa shape index (κ2) is 7.98. The highest BCUT2D eigenvalue weighted by atomic mass is 16.5. The Balaban J connectivity index is 1.28. The molecular weight excluding hydrogens is 310 g/mol. The summed E-state index contributed by atoms with van der Waals surface area (Å²) in [5.41, 5.74) is 2.54. The van der Waals surface area contributed by atoms with Crippen LogP contribution in [0.3, 0.4) is 0 Å². The highest BCUT2D eigenvalue weighted by Crippen LogP contribution is 2.33. The van der Waals surface area contributed by atoms with Crippen LogP contribution in [0, 0.1) is 5.92 Å². The molecule has 132 valence electrons. The first-order valence-electron chi connectivity index (χ1n) is 9.47. The van der Waals surface area contributed by atoms with E-state index in [4.69, 9.17) is 4.74 Å². The fourth-order valence-corrected chi connectivity index (χ4v) is 3.91. The number of aromatic nitrogens is 1. The highest BCUT2D eigenvalue weighted by Gasteiger charge is 2.29. The van der Waals surface area contributed by atoms with Gasteiger partial charge >= 0.3 is 0 Å². The zero-order valence-electron chi connectivity index (χ0n) is 14.7. The van der Waals surface area contributed by atoms with Crippen molar-refractivity contribution in [2.75, 3.05) is 31.1 Å². The molecule has 0 saturated carbocycles. The van der Waals surface area contributed by atoms with Gasteiger partial charge in [-0.3, -0.25) is 0 Å². The van der Waals surface area contributed by atoms with Crippen LogP contribution in [-0.2, 0) is 11.3 Å². The Bertz CT molecular complexity index is 653. The maximum absolute atomic E-state index is 5.97. The molecule has 4 heteroatoms. The van der Waals surface area contributed by atoms with E-state index in [1.54, 1.807) is 0 Å². The lowest BCUT2D eigenvalue weighted by molar-refractivity contribution is 0.0904. The van der Waals surface area contributed by atoms with Crippen LogP contribution in [0.25, 0.3) is 0 Å². The van der Waals surface area contributed by atoms with E-state index in [2.05, 4.69) is 57.7 Å². The molecule has 0 radical (unpaired) electrons. The average Bonchev–Trinajstić information content (AvgIpc) is 3.35. The van der Waals surface area contributed by atoms with Crippen molar-refractivity contribution < 1.29 is 4.74 Å². The van der Waals surface area contributed by atoms with Crippen molar-refractivity contribution >= 4 is 5.82 Å². The van der Waals surface area contributed by atoms with Crippen LogP contribution in [0.15, 0.2) is 48.7 Å². The summed E-state index contributed by atoms with van der Waals surface area (Å²) in [5, 5.41) is 3.60. The van der Waals surface area contributed by atoms with Gasteiger partial charge in [0.25, 0.3) is 0 Å². The van der Waals surface area contributed by atoms with Gasteiger partial charge in [-0.15, -0.1) is 0 Å². The number of hydrogen-bond acceptors (Lipinski definition) is 4. The Hall–Kier alpha value is -1.91. The number of benzene rings is 1. The van der Waals surface area contributed by atoms with Crippen LogP contribution in [0.2, 0.25) is 0 Å². The lowest BCUT2D eigenvalue weighted by atomic mass is 9.95. The number of ether oxygens (including phenoxy) is 1. The molecule has 2 aliphatic rings. The summed E-state index contributed by atoms with van der Waals surface area (Å²) >= 11 is 0. The van der Waals surface area contributed by atoms with Gasteiger partial charge in [0.1, 0.15) is 5.82 Å². The van der Waals surface area contributed by atoms with Crippen molar-refractivity contribution in [2.24, 2.45) is 5.92 Å². The Labute approximate surface area is 150 Å². The van der Waals surface area contributed by atoms with E-state index in [1.807, 2.05) is 6.20 Å². The quantitative estimate of drug-likeness (QED) is 0.875. The average molecular weight is 337 g/mol. The van der Waals surface area contributed by atoms with Gasteiger partial charge in [0.2, 0.25) is 0 Å². The Morgan fingerprint density at radius 3 is 2.68 bits per heavy atom. The van der Waals surface area contributed by atoms with Crippen LogP contribution in [-0.4, -0.2) is 31.2 Å². The molecule has 0 bridgehead atoms. The fourth-order valence-electron chi connectivity index (χ4n) is 3.91. The minimum absolute atomic E-state index is 0.226. The third-order valence-corrected chi connectivity index (χ3v) is 5.32. The molecule has 2 atom stereocenters. The monoisotopic (exact) mass is 337 g/mol. The zero-order valence-corrected chi connectivity index (χ0v) is 14.7. The van der Waals surface area contributed by atoms with Crippen molar-refractivity contribution in [3.05, 3.63) is 59.8 Å². The van der Waals surface area contributed by atoms with E-state index in [1.165, 1.54) is 24.0 Å². The molecule has 0 amide bonds. The molecule has 2 fully saturated rings. The minimum Gasteiger partial charge on any atom is -0.373 e. The summed E-state index contributed by atoms with van der Waals surface area (Å²) in [4.78, 5) is 7.01. The molecule has 2 saturated heterocycles. The van der Waals surface area contributed by atoms with Crippen molar-refractivity contribution in [1.29, 1.82) is 0 Å². The first-order chi connectivity index (χ1) is 12.4. The lowest BCUT2D eigenvalue weighted by Crippen LogP contribution is -2.25. The van der Waals surface area contributed by atoms with E-state index >= 15 is 0 Å². The van der Waals surface area contributed by atoms with Gasteiger partial charge < -0.3 is 15.0 Å². The largest absolute Gasteiger partial charge is 0.373 e. The summed E-state index contributed by atoms with van der Waals surface area (Å²) in [7, 11) is 0. The summed E-state index contributed by atoms with van der Waals surface area (Å²) in [6, 6.07) is 14.9. The minimum atomic E-state index is 0.226. The van der Waals surface area contributed by atoms with Crippen molar-refractivity contribution in [3.8, 4) is 0 Å². The number of nitrogens with zero attached hydrogens (tertiary/aromatic N) is 2. The van der Waals surface area contributed by atoms with E-state index in [0.717, 1.165) is 45.0 Å². The summed E-state index contributed by atoms with van der Waals surface area (Å²) in [6.45, 7) is 5.00. The van der Waals surface area contributed by atoms with Gasteiger partial charge in [-0.25, -0.2) is 4.98 Å². The number of hydrogen-bond donors (Lipinski definition) is 1. The molecule has 25 heavy (non-hydrogen) atoms. The van der Waals surface area contributed by atoms with Gasteiger partial charge in [0.05, 0.1) is 6.10 Å². The van der Waals surface area contributed by atoms with Crippen molar-refractivity contribution in [1.82, 2.24) is 10.3 Å². The molecule has 1 N–H and O–H groups in total. The van der Waals surface area contributed by atoms with Gasteiger partial charge in [0, 0.05) is 44.9 Å². The molecule has 1 aromatic heterocycles. The topological polar surface area (TPSA) is 37.4 Å². The highest BCUT2D eigenvalue weighted by molar-refractivity contribution is 5.40. The first kappa shape index (κ1) is 16.6. The molecule has 4 nitrogen and oxygen atoms in total. The SMILES string of the molecule is c1ccc([C@H]2OCC[C@@H]2CNCc2ccc(N3CCCC3)nc2)cc1. The molecule has 2 aliphatic heterocycles. The van der Waals surface area contributed by atoms with E-state index in [0.29, 0.717) is 5.92 Å². The predicted molar refractivity (Wildman–Crippen MR) is 101 cm³/mol. The van der Waals surface area contributed by atoms with E-state index in [-0.39, 0.29) is 6.10 Å². The van der Waals surface area contributed by atoms with Crippen LogP contribution < -0.4 is 10.2 Å². The molecule has 2 aromatic rings. The van der Waals surface area contributed by atoms with Crippen molar-refractivity contribution in [3.63, 3.8) is 0 Å². The van der Waals surface area contributed by atoms with E-state index in [9.17, 15) is 0 Å². The Morgan fingerprint density at radius 1 is 1.08 bits per heavy atom. The van der Waals surface area contributed by atoms with Crippen LogP contribution >= 0.6 is 0 Å². The maximum atomic E-state index is 5.97. The summed E-state index contributed by atoms with van der Waals surface area (Å²) < 4.78 is 5.97. The Kier molecular flexibility index (Phi) is 5.28. The first-order valence-corrected chi connectivity index (χ1v) is 9.47. The standard InChI is InChI=1S/C21H27N3O/c1-2-6-18(7-3-1)21-19(10-13-25-21)16-22-14-17-8-9-20(23-15-17)24-11-4-5-12-24/h1-3,6-9,15,19,21-22H,4-5,10-14,16H2/t19-,21-/m1/s1. The molecule has 1 aromatic carbocycles. The van der Waals surface area contributed by atoms with Crippen molar-refractivity contribution in [2.45, 2.75) is 31.9 Å². The summed E-state index contributed by atoms with van der Waals surface area (Å²) in [6.07, 6.45) is 5.94. The number of rotatable bonds is 6. The lowest BCUT2D eigenvalue weighted by Gasteiger charge is -2.20. The van der Waals surface area contributed by atoms with E-state index < -0.39 is 0 Å². The van der Waals surface area contributed by atoms with Crippen LogP contribution in [0.4, 0.5) is 5.82 Å². The van der Waals surface area contributed by atoms with Gasteiger partial charge in [-0.2, -0.15) is 0 Å². The molecular formula is C21H27N3O. The number of anilines is 1. The smallest absolute Gasteiger partial charge is 0.128 e. The second-order valence-electron chi connectivity index (χ2n) is 7.10. The number of pyridine rings is 1. The number of nitrogens with one attached hydrogen (secondary N) is 1. The predicted octanol–water partition coefficient (Wildman–Crippen LogP) is 3.55. The second-order valence-corrected chi connectivity index (χ2v) is 7.10. The molecule has 3 heterocycles. The third-order valence-electron chi connectivity index (χ3n) is 5.32. The molecule has 4 rings (SSSR count). The van der Waals surface area contributed by atoms with Gasteiger partial charge in [0.15, 0.2) is 0 Å². The fraction of sp³-hybridized carbons (Fsp3) is 0.476. The van der Waals surface area contributed by atoms with Gasteiger partial charge in [-0.05, 0) is 36.5 Å². The summed E-state index contributed by atoms with van der Waals surface area (Å²) in [5.74, 6) is 1.66. The zero-order chi connectivity index (χ0) is 16.9. The van der Waals surface area contributed by atoms with Crippen LogP contribution in [0.1, 0.15) is 36.5 Å². The molecule has 0 unspecified atom stereocenters. The maximum Gasteiger partial charge on any atom is 0.128 e. The normalized spacial score (nSPS) is 23.3. The third kappa shape index (κ3) is 4.02. The van der Waals surface area contributed by atoms with Crippen LogP contribution in [0.5, 0.6) is 0 Å². The molecule has 0 aliphatic carbocycles.